The van der Waals surface area contributed by atoms with Crippen molar-refractivity contribution in [2.45, 2.75) is 39.3 Å². The summed E-state index contributed by atoms with van der Waals surface area (Å²) in [6, 6.07) is 19.0. The van der Waals surface area contributed by atoms with Gasteiger partial charge in [0.25, 0.3) is 0 Å². The van der Waals surface area contributed by atoms with E-state index in [1.807, 2.05) is 24.3 Å². The summed E-state index contributed by atoms with van der Waals surface area (Å²) < 4.78 is 0. The highest BCUT2D eigenvalue weighted by molar-refractivity contribution is 5.32. The Kier molecular flexibility index (Phi) is 5.14. The highest BCUT2D eigenvalue weighted by Gasteiger charge is 2.06. The molecule has 0 amide bonds. The number of hydrogen-bond donors (Lipinski definition) is 1. The van der Waals surface area contributed by atoms with E-state index in [-0.39, 0.29) is 0 Å². The first-order chi connectivity index (χ1) is 10.1. The SMILES string of the molecule is CC(C)c1ccc(C(C)NCc2ccc(C#N)cc2)cc1. The molecule has 2 heteroatoms. The molecule has 2 rings (SSSR count). The first-order valence-electron chi connectivity index (χ1n) is 7.42. The fourth-order valence-electron chi connectivity index (χ4n) is 2.26. The normalized spacial score (nSPS) is 12.1. The van der Waals surface area contributed by atoms with Gasteiger partial charge in [-0.15, -0.1) is 0 Å². The minimum atomic E-state index is 0.307. The van der Waals surface area contributed by atoms with Crippen molar-refractivity contribution >= 4 is 0 Å². The van der Waals surface area contributed by atoms with Gasteiger partial charge in [0, 0.05) is 12.6 Å². The Hall–Kier alpha value is -2.11. The molecule has 21 heavy (non-hydrogen) atoms. The Morgan fingerprint density at radius 2 is 1.48 bits per heavy atom. The summed E-state index contributed by atoms with van der Waals surface area (Å²) in [4.78, 5) is 0. The maximum absolute atomic E-state index is 8.79. The van der Waals surface area contributed by atoms with Gasteiger partial charge in [-0.25, -0.2) is 0 Å². The molecule has 2 aromatic rings. The lowest BCUT2D eigenvalue weighted by Crippen LogP contribution is -2.18. The van der Waals surface area contributed by atoms with E-state index in [1.165, 1.54) is 16.7 Å². The van der Waals surface area contributed by atoms with Gasteiger partial charge in [0.05, 0.1) is 11.6 Å². The van der Waals surface area contributed by atoms with Crippen LogP contribution in [-0.4, -0.2) is 0 Å². The monoisotopic (exact) mass is 278 g/mol. The zero-order chi connectivity index (χ0) is 15.2. The fraction of sp³-hybridized carbons (Fsp3) is 0.316. The summed E-state index contributed by atoms with van der Waals surface area (Å²) in [5.74, 6) is 0.570. The quantitative estimate of drug-likeness (QED) is 0.872. The first-order valence-corrected chi connectivity index (χ1v) is 7.42. The van der Waals surface area contributed by atoms with Crippen molar-refractivity contribution in [1.82, 2.24) is 5.32 Å². The molecular formula is C19H22N2. The van der Waals surface area contributed by atoms with Crippen LogP contribution in [0.4, 0.5) is 0 Å². The second-order valence-corrected chi connectivity index (χ2v) is 5.73. The Morgan fingerprint density at radius 3 is 2.00 bits per heavy atom. The Balaban J connectivity index is 1.94. The molecule has 1 N–H and O–H groups in total. The molecule has 0 bridgehead atoms. The van der Waals surface area contributed by atoms with Crippen LogP contribution < -0.4 is 5.32 Å². The second kappa shape index (κ2) is 7.06. The van der Waals surface area contributed by atoms with Gasteiger partial charge >= 0.3 is 0 Å². The van der Waals surface area contributed by atoms with E-state index in [0.717, 1.165) is 6.54 Å². The lowest BCUT2D eigenvalue weighted by atomic mass is 9.99. The molecule has 0 heterocycles. The first kappa shape index (κ1) is 15.3. The summed E-state index contributed by atoms with van der Waals surface area (Å²) in [5.41, 5.74) is 4.57. The molecule has 0 aromatic heterocycles. The number of rotatable bonds is 5. The summed E-state index contributed by atoms with van der Waals surface area (Å²) in [5, 5.41) is 12.3. The average molecular weight is 278 g/mol. The van der Waals surface area contributed by atoms with E-state index in [9.17, 15) is 0 Å². The summed E-state index contributed by atoms with van der Waals surface area (Å²) in [6.07, 6.45) is 0. The van der Waals surface area contributed by atoms with Crippen LogP contribution in [0.3, 0.4) is 0 Å². The van der Waals surface area contributed by atoms with Gasteiger partial charge in [-0.3, -0.25) is 0 Å². The van der Waals surface area contributed by atoms with Crippen molar-refractivity contribution in [3.05, 3.63) is 70.8 Å². The predicted octanol–water partition coefficient (Wildman–Crippen LogP) is 4.53. The highest BCUT2D eigenvalue weighted by atomic mass is 14.9. The van der Waals surface area contributed by atoms with Crippen LogP contribution in [0.2, 0.25) is 0 Å². The standard InChI is InChI=1S/C19H22N2/c1-14(2)18-8-10-19(11-9-18)15(3)21-13-17-6-4-16(12-20)5-7-17/h4-11,14-15,21H,13H2,1-3H3. The molecule has 0 radical (unpaired) electrons. The van der Waals surface area contributed by atoms with Crippen LogP contribution in [0, 0.1) is 11.3 Å². The van der Waals surface area contributed by atoms with Crippen molar-refractivity contribution in [3.8, 4) is 6.07 Å². The van der Waals surface area contributed by atoms with Gasteiger partial charge < -0.3 is 5.32 Å². The van der Waals surface area contributed by atoms with Gasteiger partial charge in [-0.2, -0.15) is 5.26 Å². The van der Waals surface area contributed by atoms with Crippen LogP contribution in [0.15, 0.2) is 48.5 Å². The zero-order valence-electron chi connectivity index (χ0n) is 12.9. The molecule has 2 nitrogen and oxygen atoms in total. The molecule has 1 atom stereocenters. The molecule has 0 fully saturated rings. The van der Waals surface area contributed by atoms with Crippen LogP contribution >= 0.6 is 0 Å². The predicted molar refractivity (Wildman–Crippen MR) is 86.9 cm³/mol. The van der Waals surface area contributed by atoms with Gasteiger partial charge in [-0.1, -0.05) is 50.2 Å². The third-order valence-corrected chi connectivity index (χ3v) is 3.80. The Bertz CT molecular complexity index is 604. The molecule has 0 aliphatic heterocycles. The maximum atomic E-state index is 8.79. The smallest absolute Gasteiger partial charge is 0.0991 e. The molecule has 0 saturated carbocycles. The molecule has 0 aliphatic rings. The van der Waals surface area contributed by atoms with Crippen LogP contribution in [0.25, 0.3) is 0 Å². The van der Waals surface area contributed by atoms with Gasteiger partial charge in [0.2, 0.25) is 0 Å². The molecule has 1 unspecified atom stereocenters. The summed E-state index contributed by atoms with van der Waals surface area (Å²) in [7, 11) is 0. The minimum absolute atomic E-state index is 0.307. The van der Waals surface area contributed by atoms with Crippen molar-refractivity contribution in [1.29, 1.82) is 5.26 Å². The van der Waals surface area contributed by atoms with Crippen LogP contribution in [0.1, 0.15) is 55.0 Å². The lowest BCUT2D eigenvalue weighted by Gasteiger charge is -2.15. The highest BCUT2D eigenvalue weighted by Crippen LogP contribution is 2.19. The van der Waals surface area contributed by atoms with E-state index in [4.69, 9.17) is 5.26 Å². The van der Waals surface area contributed by atoms with Crippen LogP contribution in [-0.2, 0) is 6.54 Å². The van der Waals surface area contributed by atoms with E-state index in [0.29, 0.717) is 17.5 Å². The third-order valence-electron chi connectivity index (χ3n) is 3.80. The van der Waals surface area contributed by atoms with Gasteiger partial charge in [0.1, 0.15) is 0 Å². The fourth-order valence-corrected chi connectivity index (χ4v) is 2.26. The van der Waals surface area contributed by atoms with Crippen molar-refractivity contribution < 1.29 is 0 Å². The molecule has 0 aliphatic carbocycles. The van der Waals surface area contributed by atoms with Crippen molar-refractivity contribution in [2.75, 3.05) is 0 Å². The van der Waals surface area contributed by atoms with E-state index in [1.54, 1.807) is 0 Å². The molecular weight excluding hydrogens is 256 g/mol. The number of nitriles is 1. The van der Waals surface area contributed by atoms with Crippen molar-refractivity contribution in [2.24, 2.45) is 0 Å². The van der Waals surface area contributed by atoms with E-state index < -0.39 is 0 Å². The van der Waals surface area contributed by atoms with Crippen molar-refractivity contribution in [3.63, 3.8) is 0 Å². The largest absolute Gasteiger partial charge is 0.306 e. The number of benzene rings is 2. The molecule has 0 spiro atoms. The number of nitrogens with one attached hydrogen (secondary N) is 1. The molecule has 0 saturated heterocycles. The Labute approximate surface area is 127 Å². The maximum Gasteiger partial charge on any atom is 0.0991 e. The van der Waals surface area contributed by atoms with Gasteiger partial charge in [-0.05, 0) is 41.7 Å². The van der Waals surface area contributed by atoms with E-state index >= 15 is 0 Å². The number of nitrogens with zero attached hydrogens (tertiary/aromatic N) is 1. The topological polar surface area (TPSA) is 35.8 Å². The molecule has 108 valence electrons. The minimum Gasteiger partial charge on any atom is -0.306 e. The van der Waals surface area contributed by atoms with Crippen LogP contribution in [0.5, 0.6) is 0 Å². The average Bonchev–Trinajstić information content (AvgIpc) is 2.53. The molecule has 2 aromatic carbocycles. The summed E-state index contributed by atoms with van der Waals surface area (Å²) >= 11 is 0. The lowest BCUT2D eigenvalue weighted by molar-refractivity contribution is 0.574. The summed E-state index contributed by atoms with van der Waals surface area (Å²) in [6.45, 7) is 7.40. The zero-order valence-corrected chi connectivity index (χ0v) is 12.9. The Morgan fingerprint density at radius 1 is 0.905 bits per heavy atom. The van der Waals surface area contributed by atoms with Gasteiger partial charge in [0.15, 0.2) is 0 Å². The second-order valence-electron chi connectivity index (χ2n) is 5.73. The number of hydrogen-bond acceptors (Lipinski definition) is 2. The van der Waals surface area contributed by atoms with E-state index in [2.05, 4.69) is 56.4 Å². The third kappa shape index (κ3) is 4.18.